The minimum absolute atomic E-state index is 0.125. The summed E-state index contributed by atoms with van der Waals surface area (Å²) in [5, 5.41) is 12.0. The van der Waals surface area contributed by atoms with Gasteiger partial charge in [0.05, 0.1) is 18.2 Å². The molecule has 2 heterocycles. The first-order valence-electron chi connectivity index (χ1n) is 9.44. The van der Waals surface area contributed by atoms with Crippen LogP contribution in [-0.2, 0) is 4.79 Å². The third-order valence-electron chi connectivity index (χ3n) is 5.17. The van der Waals surface area contributed by atoms with E-state index in [2.05, 4.69) is 20.9 Å². The molecule has 0 aliphatic carbocycles. The lowest BCUT2D eigenvalue weighted by atomic mass is 10.0. The molecule has 0 saturated heterocycles. The first-order valence-corrected chi connectivity index (χ1v) is 10.7. The number of hydrogen-bond acceptors (Lipinski definition) is 6. The summed E-state index contributed by atoms with van der Waals surface area (Å²) in [6.07, 6.45) is 0. The second-order valence-corrected chi connectivity index (χ2v) is 8.71. The second kappa shape index (κ2) is 8.20. The average Bonchev–Trinajstić information content (AvgIpc) is 3.09. The molecule has 0 fully saturated rings. The Hall–Kier alpha value is -2.71. The van der Waals surface area contributed by atoms with E-state index in [1.807, 2.05) is 51.1 Å². The van der Waals surface area contributed by atoms with Crippen molar-refractivity contribution in [1.82, 2.24) is 14.9 Å². The molecule has 2 N–H and O–H groups in total. The Labute approximate surface area is 184 Å². The fourth-order valence-electron chi connectivity index (χ4n) is 3.32. The van der Waals surface area contributed by atoms with E-state index in [1.54, 1.807) is 17.9 Å². The van der Waals surface area contributed by atoms with Crippen LogP contribution in [0.5, 0.6) is 5.75 Å². The molecular formula is C21H22ClN5O2S. The van der Waals surface area contributed by atoms with Crippen LogP contribution in [0.3, 0.4) is 0 Å². The number of thioether (sulfide) groups is 1. The Bertz CT molecular complexity index is 1120. The number of aryl methyl sites for hydroxylation is 3. The van der Waals surface area contributed by atoms with Crippen molar-refractivity contribution in [3.05, 3.63) is 63.9 Å². The quantitative estimate of drug-likeness (QED) is 0.627. The van der Waals surface area contributed by atoms with E-state index in [0.717, 1.165) is 22.6 Å². The molecule has 1 amide bonds. The van der Waals surface area contributed by atoms with Crippen LogP contribution in [0, 0.1) is 20.8 Å². The zero-order chi connectivity index (χ0) is 21.4. The van der Waals surface area contributed by atoms with Crippen LogP contribution in [0.15, 0.2) is 41.6 Å². The normalized spacial score (nSPS) is 17.8. The molecule has 156 valence electrons. The average molecular weight is 444 g/mol. The summed E-state index contributed by atoms with van der Waals surface area (Å²) >= 11 is 7.73. The largest absolute Gasteiger partial charge is 0.495 e. The van der Waals surface area contributed by atoms with E-state index in [1.165, 1.54) is 17.3 Å². The molecule has 1 aliphatic heterocycles. The number of methoxy groups -OCH3 is 1. The number of carbonyl (C=O) groups excluding carboxylic acids is 1. The van der Waals surface area contributed by atoms with E-state index in [-0.39, 0.29) is 11.9 Å². The number of ether oxygens (including phenoxy) is 1. The molecule has 0 spiro atoms. The van der Waals surface area contributed by atoms with Gasteiger partial charge >= 0.3 is 0 Å². The van der Waals surface area contributed by atoms with Crippen molar-refractivity contribution in [3.63, 3.8) is 0 Å². The van der Waals surface area contributed by atoms with Gasteiger partial charge in [0.15, 0.2) is 0 Å². The number of benzene rings is 2. The maximum atomic E-state index is 13.3. The Morgan fingerprint density at radius 3 is 2.67 bits per heavy atom. The molecule has 0 bridgehead atoms. The van der Waals surface area contributed by atoms with Crippen LogP contribution in [0.25, 0.3) is 0 Å². The van der Waals surface area contributed by atoms with Gasteiger partial charge < -0.3 is 15.5 Å². The number of rotatable bonds is 4. The van der Waals surface area contributed by atoms with Crippen LogP contribution < -0.4 is 15.5 Å². The number of amides is 1. The predicted octanol–water partition coefficient (Wildman–Crippen LogP) is 4.26. The lowest BCUT2D eigenvalue weighted by Crippen LogP contribution is -2.41. The molecule has 0 saturated carbocycles. The number of hydrogen-bond donors (Lipinski definition) is 2. The summed E-state index contributed by atoms with van der Waals surface area (Å²) in [5.41, 5.74) is 7.30. The maximum absolute atomic E-state index is 13.3. The lowest BCUT2D eigenvalue weighted by Gasteiger charge is -2.33. The summed E-state index contributed by atoms with van der Waals surface area (Å²) in [7, 11) is 1.57. The summed E-state index contributed by atoms with van der Waals surface area (Å²) in [4.78, 5) is 13.3. The van der Waals surface area contributed by atoms with Crippen molar-refractivity contribution in [3.8, 4) is 5.75 Å². The molecule has 2 atom stereocenters. The third kappa shape index (κ3) is 3.85. The van der Waals surface area contributed by atoms with Gasteiger partial charge in [-0.2, -0.15) is 0 Å². The molecule has 1 aromatic heterocycles. The first kappa shape index (κ1) is 20.6. The molecule has 9 heteroatoms. The molecule has 1 aliphatic rings. The lowest BCUT2D eigenvalue weighted by molar-refractivity contribution is -0.116. The topological polar surface area (TPSA) is 81.1 Å². The van der Waals surface area contributed by atoms with Crippen LogP contribution >= 0.6 is 23.4 Å². The highest BCUT2D eigenvalue weighted by molar-refractivity contribution is 8.00. The number of halogens is 1. The van der Waals surface area contributed by atoms with Crippen LogP contribution in [0.1, 0.15) is 28.6 Å². The number of nitrogens with one attached hydrogen (secondary N) is 2. The van der Waals surface area contributed by atoms with Gasteiger partial charge in [-0.25, -0.2) is 4.68 Å². The monoisotopic (exact) mass is 443 g/mol. The van der Waals surface area contributed by atoms with Gasteiger partial charge in [-0.15, -0.1) is 10.2 Å². The van der Waals surface area contributed by atoms with Crippen LogP contribution in [0.4, 0.5) is 5.69 Å². The van der Waals surface area contributed by atoms with E-state index >= 15 is 0 Å². The molecule has 7 nitrogen and oxygen atoms in total. The van der Waals surface area contributed by atoms with E-state index in [0.29, 0.717) is 15.9 Å². The number of anilines is 1. The number of carbonyl (C=O) groups is 1. The van der Waals surface area contributed by atoms with Crippen molar-refractivity contribution in [2.75, 3.05) is 17.9 Å². The van der Waals surface area contributed by atoms with Gasteiger partial charge in [0, 0.05) is 5.69 Å². The molecule has 0 unspecified atom stereocenters. The smallest absolute Gasteiger partial charge is 0.240 e. The highest BCUT2D eigenvalue weighted by Crippen LogP contribution is 2.39. The summed E-state index contributed by atoms with van der Waals surface area (Å²) in [5.74, 6) is 1.18. The van der Waals surface area contributed by atoms with Crippen molar-refractivity contribution < 1.29 is 9.53 Å². The van der Waals surface area contributed by atoms with Gasteiger partial charge in [0.1, 0.15) is 16.8 Å². The Morgan fingerprint density at radius 1 is 1.17 bits per heavy atom. The maximum Gasteiger partial charge on any atom is 0.240 e. The molecule has 30 heavy (non-hydrogen) atoms. The first-order chi connectivity index (χ1) is 14.4. The molecular weight excluding hydrogens is 422 g/mol. The van der Waals surface area contributed by atoms with Crippen molar-refractivity contribution in [1.29, 1.82) is 0 Å². The minimum Gasteiger partial charge on any atom is -0.495 e. The number of aromatic nitrogens is 3. The van der Waals surface area contributed by atoms with Gasteiger partial charge in [-0.05, 0) is 61.7 Å². The van der Waals surface area contributed by atoms with E-state index in [4.69, 9.17) is 16.3 Å². The van der Waals surface area contributed by atoms with Gasteiger partial charge in [-0.3, -0.25) is 4.79 Å². The minimum atomic E-state index is -0.479. The highest BCUT2D eigenvalue weighted by Gasteiger charge is 2.37. The third-order valence-corrected chi connectivity index (χ3v) is 6.68. The SMILES string of the molecule is COc1ccc([C@H]2Nn3c(C)nnc3S[C@@H]2C(=O)Nc2ccc(C)c(C)c2)cc1Cl. The highest BCUT2D eigenvalue weighted by atomic mass is 35.5. The Kier molecular flexibility index (Phi) is 5.62. The molecule has 4 rings (SSSR count). The fraction of sp³-hybridized carbons (Fsp3) is 0.286. The fourth-order valence-corrected chi connectivity index (χ4v) is 4.71. The zero-order valence-electron chi connectivity index (χ0n) is 17.1. The number of fused-ring (bicyclic) bond motifs is 1. The summed E-state index contributed by atoms with van der Waals surface area (Å²) in [6, 6.07) is 11.1. The van der Waals surface area contributed by atoms with Gasteiger partial charge in [0.2, 0.25) is 11.1 Å². The second-order valence-electron chi connectivity index (χ2n) is 7.19. The standard InChI is InChI=1S/C21H22ClN5O2S/c1-11-5-7-15(9-12(11)2)23-20(28)19-18(14-6-8-17(29-4)16(22)10-14)26-27-13(3)24-25-21(27)30-19/h5-10,18-19,26H,1-4H3,(H,23,28)/t18-,19+/m1/s1. The van der Waals surface area contributed by atoms with Crippen molar-refractivity contribution in [2.45, 2.75) is 37.2 Å². The summed E-state index contributed by atoms with van der Waals surface area (Å²) in [6.45, 7) is 5.92. The van der Waals surface area contributed by atoms with E-state index < -0.39 is 5.25 Å². The van der Waals surface area contributed by atoms with Crippen molar-refractivity contribution >= 4 is 35.0 Å². The zero-order valence-corrected chi connectivity index (χ0v) is 18.6. The Balaban J connectivity index is 1.68. The molecule has 0 radical (unpaired) electrons. The van der Waals surface area contributed by atoms with Gasteiger partial charge in [0.25, 0.3) is 0 Å². The van der Waals surface area contributed by atoms with Crippen LogP contribution in [-0.4, -0.2) is 33.1 Å². The van der Waals surface area contributed by atoms with E-state index in [9.17, 15) is 4.79 Å². The molecule has 3 aromatic rings. The van der Waals surface area contributed by atoms with Gasteiger partial charge in [-0.1, -0.05) is 35.5 Å². The summed E-state index contributed by atoms with van der Waals surface area (Å²) < 4.78 is 7.06. The Morgan fingerprint density at radius 2 is 1.97 bits per heavy atom. The number of nitrogens with zero attached hydrogens (tertiary/aromatic N) is 3. The molecule has 2 aromatic carbocycles. The predicted molar refractivity (Wildman–Crippen MR) is 119 cm³/mol. The van der Waals surface area contributed by atoms with Crippen molar-refractivity contribution in [2.24, 2.45) is 0 Å². The van der Waals surface area contributed by atoms with Crippen LogP contribution in [0.2, 0.25) is 5.02 Å².